The Morgan fingerprint density at radius 1 is 0.266 bits per heavy atom. The Kier molecular flexibility index (Phi) is 52.6. The lowest BCUT2D eigenvalue weighted by molar-refractivity contribution is 0.125. The Labute approximate surface area is 402 Å². The van der Waals surface area contributed by atoms with Crippen molar-refractivity contribution in [1.82, 2.24) is 0 Å². The smallest absolute Gasteiger partial charge is 0.397 e. The maximum atomic E-state index is 6.16. The van der Waals surface area contributed by atoms with Gasteiger partial charge in [0.1, 0.15) is 5.75 Å². The zero-order valence-electron chi connectivity index (χ0n) is 43.2. The molecule has 0 saturated carbocycles. The first-order valence-corrected chi connectivity index (χ1v) is 29.9. The molecule has 1 aromatic rings. The molecule has 378 valence electrons. The van der Waals surface area contributed by atoms with Crippen LogP contribution in [-0.4, -0.2) is 39.6 Å². The second kappa shape index (κ2) is 54.9. The molecular weight excluding hydrogens is 808 g/mol. The minimum Gasteiger partial charge on any atom is -0.427 e. The molecule has 64 heavy (non-hydrogen) atoms. The van der Waals surface area contributed by atoms with Crippen LogP contribution in [0.25, 0.3) is 0 Å². The average Bonchev–Trinajstić information content (AvgIpc) is 3.31. The monoisotopic (exact) mass is 919 g/mol. The molecule has 0 amide bonds. The molecule has 0 atom stereocenters. The molecule has 0 aromatic heterocycles. The van der Waals surface area contributed by atoms with Crippen LogP contribution in [0.4, 0.5) is 0 Å². The molecule has 0 unspecified atom stereocenters. The molecule has 0 radical (unpaired) electrons. The van der Waals surface area contributed by atoms with Gasteiger partial charge in [-0.2, -0.15) is 0 Å². The summed E-state index contributed by atoms with van der Waals surface area (Å²) in [5.74, 6) is 0.833. The third-order valence-electron chi connectivity index (χ3n) is 13.0. The molecule has 0 heterocycles. The third-order valence-corrected chi connectivity index (χ3v) is 14.1. The van der Waals surface area contributed by atoms with Crippen LogP contribution >= 0.6 is 8.60 Å². The van der Waals surface area contributed by atoms with Crippen LogP contribution < -0.4 is 4.52 Å². The number of rotatable bonds is 56. The van der Waals surface area contributed by atoms with Crippen LogP contribution in [0.15, 0.2) is 30.3 Å². The maximum absolute atomic E-state index is 6.16. The average molecular weight is 919 g/mol. The first kappa shape index (κ1) is 61.3. The van der Waals surface area contributed by atoms with E-state index < -0.39 is 8.60 Å². The van der Waals surface area contributed by atoms with Crippen LogP contribution in [0.3, 0.4) is 0 Å². The van der Waals surface area contributed by atoms with Crippen molar-refractivity contribution in [3.05, 3.63) is 30.3 Å². The molecule has 0 bridgehead atoms. The zero-order valence-corrected chi connectivity index (χ0v) is 44.1. The van der Waals surface area contributed by atoms with Crippen molar-refractivity contribution in [3.63, 3.8) is 0 Å². The molecule has 0 N–H and O–H groups in total. The fourth-order valence-electron chi connectivity index (χ4n) is 8.67. The summed E-state index contributed by atoms with van der Waals surface area (Å²) in [5, 5.41) is 0. The Bertz CT molecular complexity index is 909. The summed E-state index contributed by atoms with van der Waals surface area (Å²) in [4.78, 5) is 0. The minimum absolute atomic E-state index is 0.717. The van der Waals surface area contributed by atoms with Crippen molar-refractivity contribution < 1.29 is 23.0 Å². The molecular formula is C58H111O5P. The lowest BCUT2D eigenvalue weighted by atomic mass is 10.1. The van der Waals surface area contributed by atoms with Gasteiger partial charge in [0.05, 0.1) is 13.2 Å². The van der Waals surface area contributed by atoms with E-state index >= 15 is 0 Å². The van der Waals surface area contributed by atoms with Gasteiger partial charge in [-0.1, -0.05) is 276 Å². The van der Waals surface area contributed by atoms with E-state index in [9.17, 15) is 0 Å². The van der Waals surface area contributed by atoms with E-state index in [2.05, 4.69) is 13.8 Å². The third kappa shape index (κ3) is 49.2. The zero-order chi connectivity index (χ0) is 45.6. The molecule has 0 aliphatic heterocycles. The number of unbranched alkanes of at least 4 members (excludes halogenated alkanes) is 40. The molecule has 0 aliphatic carbocycles. The van der Waals surface area contributed by atoms with Gasteiger partial charge >= 0.3 is 8.60 Å². The predicted molar refractivity (Wildman–Crippen MR) is 282 cm³/mol. The predicted octanol–water partition coefficient (Wildman–Crippen LogP) is 20.6. The minimum atomic E-state index is -1.35. The van der Waals surface area contributed by atoms with E-state index in [1.165, 1.54) is 270 Å². The van der Waals surface area contributed by atoms with Crippen molar-refractivity contribution in [2.75, 3.05) is 39.6 Å². The highest BCUT2D eigenvalue weighted by atomic mass is 31.2. The van der Waals surface area contributed by atoms with Crippen molar-refractivity contribution in [2.45, 2.75) is 296 Å². The standard InChI is InChI=1S/C58H111O5P/c1-3-5-7-9-11-13-17-23-29-35-44-52-59-54-46-37-31-25-19-15-21-27-33-39-48-56-61-64(63-58-50-42-41-43-51-58)62-57-49-40-34-28-22-16-20-26-32-38-47-55-60-53-45-36-30-24-18-14-12-10-8-6-4-2/h41-43,50-51H,3-40,44-49,52-57H2,1-2H3. The highest BCUT2D eigenvalue weighted by molar-refractivity contribution is 7.42. The van der Waals surface area contributed by atoms with E-state index in [0.717, 1.165) is 58.2 Å². The molecule has 0 fully saturated rings. The molecule has 0 spiro atoms. The van der Waals surface area contributed by atoms with Crippen LogP contribution in [0.5, 0.6) is 5.75 Å². The van der Waals surface area contributed by atoms with Gasteiger partial charge in [0, 0.05) is 26.4 Å². The summed E-state index contributed by atoms with van der Waals surface area (Å²) in [6.45, 7) is 9.89. The fraction of sp³-hybridized carbons (Fsp3) is 0.897. The van der Waals surface area contributed by atoms with E-state index in [1.54, 1.807) is 0 Å². The fourth-order valence-corrected chi connectivity index (χ4v) is 9.70. The number of benzene rings is 1. The molecule has 0 saturated heterocycles. The largest absolute Gasteiger partial charge is 0.427 e. The van der Waals surface area contributed by atoms with Crippen molar-refractivity contribution in [1.29, 1.82) is 0 Å². The van der Waals surface area contributed by atoms with E-state index in [-0.39, 0.29) is 0 Å². The topological polar surface area (TPSA) is 46.2 Å². The van der Waals surface area contributed by atoms with Gasteiger partial charge in [-0.3, -0.25) is 0 Å². The number of para-hydroxylation sites is 1. The van der Waals surface area contributed by atoms with Crippen molar-refractivity contribution in [2.24, 2.45) is 0 Å². The number of ether oxygens (including phenoxy) is 2. The van der Waals surface area contributed by atoms with Gasteiger partial charge in [-0.15, -0.1) is 0 Å². The molecule has 6 heteroatoms. The number of hydrogen-bond donors (Lipinski definition) is 0. The van der Waals surface area contributed by atoms with Gasteiger partial charge in [0.15, 0.2) is 0 Å². The molecule has 1 aromatic carbocycles. The summed E-state index contributed by atoms with van der Waals surface area (Å²) in [7, 11) is -1.35. The SMILES string of the molecule is CCCCCCCCCCCCCOCCCCCCCCCCCCCOP(OCCCCCCCCCCCCCOCCCCCCCCCCCCC)Oc1ccccc1. The maximum Gasteiger partial charge on any atom is 0.397 e. The Hall–Kier alpha value is -0.710. The quantitative estimate of drug-likeness (QED) is 0.0481. The highest BCUT2D eigenvalue weighted by Gasteiger charge is 2.14. The second-order valence-electron chi connectivity index (χ2n) is 19.4. The molecule has 1 rings (SSSR count). The first-order valence-electron chi connectivity index (χ1n) is 28.8. The van der Waals surface area contributed by atoms with Crippen molar-refractivity contribution in [3.8, 4) is 5.75 Å². The van der Waals surface area contributed by atoms with Gasteiger partial charge in [0.2, 0.25) is 0 Å². The lowest BCUT2D eigenvalue weighted by Crippen LogP contribution is -2.01. The Morgan fingerprint density at radius 3 is 0.734 bits per heavy atom. The summed E-state index contributed by atoms with van der Waals surface area (Å²) >= 11 is 0. The van der Waals surface area contributed by atoms with Gasteiger partial charge in [-0.25, -0.2) is 0 Å². The molecule has 0 aliphatic rings. The van der Waals surface area contributed by atoms with Crippen LogP contribution in [-0.2, 0) is 18.5 Å². The van der Waals surface area contributed by atoms with E-state index in [0.29, 0.717) is 0 Å². The normalized spacial score (nSPS) is 11.7. The lowest BCUT2D eigenvalue weighted by Gasteiger charge is -2.17. The summed E-state index contributed by atoms with van der Waals surface area (Å²) < 4.78 is 30.3. The Morgan fingerprint density at radius 2 is 0.484 bits per heavy atom. The van der Waals surface area contributed by atoms with Crippen LogP contribution in [0.2, 0.25) is 0 Å². The first-order chi connectivity index (χ1) is 31.9. The summed E-state index contributed by atoms with van der Waals surface area (Å²) in [6.07, 6.45) is 59.6. The van der Waals surface area contributed by atoms with Crippen molar-refractivity contribution >= 4 is 8.60 Å². The van der Waals surface area contributed by atoms with Crippen LogP contribution in [0, 0.1) is 0 Å². The number of hydrogen-bond acceptors (Lipinski definition) is 5. The van der Waals surface area contributed by atoms with E-state index in [4.69, 9.17) is 23.0 Å². The second-order valence-corrected chi connectivity index (χ2v) is 20.5. The van der Waals surface area contributed by atoms with E-state index in [1.807, 2.05) is 30.3 Å². The summed E-state index contributed by atoms with van der Waals surface area (Å²) in [6, 6.07) is 10.0. The van der Waals surface area contributed by atoms with Gasteiger partial charge in [-0.05, 0) is 50.7 Å². The molecule has 5 nitrogen and oxygen atoms in total. The highest BCUT2D eigenvalue weighted by Crippen LogP contribution is 2.41. The van der Waals surface area contributed by atoms with Crippen LogP contribution in [0.1, 0.15) is 296 Å². The van der Waals surface area contributed by atoms with Gasteiger partial charge < -0.3 is 23.0 Å². The Balaban J connectivity index is 1.86. The summed E-state index contributed by atoms with van der Waals surface area (Å²) in [5.41, 5.74) is 0. The van der Waals surface area contributed by atoms with Gasteiger partial charge in [0.25, 0.3) is 0 Å².